The second-order valence-corrected chi connectivity index (χ2v) is 8.76. The Bertz CT molecular complexity index is 536. The first-order chi connectivity index (χ1) is 13.2. The Labute approximate surface area is 176 Å². The SMILES string of the molecule is CCCCCCC[N+](CC)(CC)CCCCc1ccc(Cl)cc1.O=P([O-])([O-])O. The molecule has 1 aromatic rings. The molecule has 1 rings (SSSR count). The van der Waals surface area contributed by atoms with E-state index in [0.29, 0.717) is 0 Å². The number of nitrogens with zero attached hydrogens (tertiary/aromatic N) is 1. The lowest BCUT2D eigenvalue weighted by molar-refractivity contribution is -0.925. The van der Waals surface area contributed by atoms with Gasteiger partial charge in [0.2, 0.25) is 0 Å². The van der Waals surface area contributed by atoms with E-state index in [9.17, 15) is 0 Å². The Morgan fingerprint density at radius 2 is 1.36 bits per heavy atom. The number of rotatable bonds is 13. The molecule has 0 heterocycles. The van der Waals surface area contributed by atoms with Gasteiger partial charge >= 0.3 is 0 Å². The third-order valence-electron chi connectivity index (χ3n) is 5.34. The lowest BCUT2D eigenvalue weighted by Gasteiger charge is -2.37. The highest BCUT2D eigenvalue weighted by molar-refractivity contribution is 7.42. The first-order valence-electron chi connectivity index (χ1n) is 10.5. The molecule has 0 radical (unpaired) electrons. The minimum absolute atomic E-state index is 0.837. The first kappa shape index (κ1) is 27.6. The van der Waals surface area contributed by atoms with Crippen molar-refractivity contribution >= 4 is 19.4 Å². The standard InChI is InChI=1S/C21H37ClN.H3O4P/c1-4-7-8-9-11-18-23(5-2,6-3)19-12-10-13-20-14-16-21(22)17-15-20;1-5(2,3)4/h14-17H,4-13,18-19H2,1-3H3;(H3,1,2,3,4)/q+1;/p-2. The molecule has 1 N–H and O–H groups in total. The Kier molecular flexibility index (Phi) is 15.2. The van der Waals surface area contributed by atoms with Gasteiger partial charge in [0.15, 0.2) is 0 Å². The largest absolute Gasteiger partial charge is 0.790 e. The number of aryl methyl sites for hydroxylation is 1. The van der Waals surface area contributed by atoms with Gasteiger partial charge < -0.3 is 23.7 Å². The number of quaternary nitrogens is 1. The number of benzene rings is 1. The predicted molar refractivity (Wildman–Crippen MR) is 114 cm³/mol. The third kappa shape index (κ3) is 15.5. The van der Waals surface area contributed by atoms with Gasteiger partial charge in [-0.3, -0.25) is 0 Å². The molecular weight excluding hydrogens is 397 g/mol. The highest BCUT2D eigenvalue weighted by Gasteiger charge is 2.21. The Balaban J connectivity index is 0.00000129. The van der Waals surface area contributed by atoms with Gasteiger partial charge in [0, 0.05) is 5.02 Å². The number of halogens is 1. The van der Waals surface area contributed by atoms with Crippen molar-refractivity contribution in [1.29, 1.82) is 0 Å². The van der Waals surface area contributed by atoms with E-state index in [1.54, 1.807) is 0 Å². The van der Waals surface area contributed by atoms with E-state index in [1.165, 1.54) is 87.6 Å². The molecule has 0 saturated carbocycles. The van der Waals surface area contributed by atoms with Crippen LogP contribution in [0.2, 0.25) is 5.02 Å². The highest BCUT2D eigenvalue weighted by atomic mass is 35.5. The van der Waals surface area contributed by atoms with E-state index in [-0.39, 0.29) is 0 Å². The van der Waals surface area contributed by atoms with E-state index in [1.807, 2.05) is 12.1 Å². The smallest absolute Gasteiger partial charge is 0.0786 e. The number of hydrogen-bond donors (Lipinski definition) is 1. The quantitative estimate of drug-likeness (QED) is 0.285. The lowest BCUT2D eigenvalue weighted by Crippen LogP contribution is -2.49. The lowest BCUT2D eigenvalue weighted by atomic mass is 10.1. The van der Waals surface area contributed by atoms with Gasteiger partial charge in [-0.05, 0) is 63.6 Å². The third-order valence-corrected chi connectivity index (χ3v) is 5.59. The highest BCUT2D eigenvalue weighted by Crippen LogP contribution is 2.16. The molecule has 28 heavy (non-hydrogen) atoms. The number of hydrogen-bond acceptors (Lipinski definition) is 3. The normalized spacial score (nSPS) is 11.8. The number of unbranched alkanes of at least 4 members (excludes halogenated alkanes) is 5. The van der Waals surface area contributed by atoms with Crippen LogP contribution in [-0.2, 0) is 11.0 Å². The van der Waals surface area contributed by atoms with Gasteiger partial charge in [-0.2, -0.15) is 0 Å². The average molecular weight is 435 g/mol. The van der Waals surface area contributed by atoms with Crippen LogP contribution < -0.4 is 9.79 Å². The van der Waals surface area contributed by atoms with Crippen LogP contribution in [0.3, 0.4) is 0 Å². The molecule has 0 bridgehead atoms. The molecule has 0 saturated heterocycles. The molecule has 0 atom stereocenters. The molecule has 0 spiro atoms. The zero-order chi connectivity index (χ0) is 21.5. The maximum Gasteiger partial charge on any atom is 0.0786 e. The topological polar surface area (TPSA) is 83.4 Å². The van der Waals surface area contributed by atoms with Crippen LogP contribution in [0, 0.1) is 0 Å². The summed E-state index contributed by atoms with van der Waals surface area (Å²) in [6, 6.07) is 8.34. The van der Waals surface area contributed by atoms with Gasteiger partial charge in [-0.1, -0.05) is 49.9 Å². The summed E-state index contributed by atoms with van der Waals surface area (Å²) < 4.78 is 9.97. The van der Waals surface area contributed by atoms with Crippen molar-refractivity contribution < 1.29 is 23.7 Å². The van der Waals surface area contributed by atoms with E-state index in [4.69, 9.17) is 30.8 Å². The molecule has 0 aromatic heterocycles. The van der Waals surface area contributed by atoms with Crippen molar-refractivity contribution in [3.8, 4) is 0 Å². The predicted octanol–water partition coefficient (Wildman–Crippen LogP) is 4.30. The maximum absolute atomic E-state index is 8.66. The summed E-state index contributed by atoms with van der Waals surface area (Å²) in [5, 5.41) is 0.837. The Hall–Kier alpha value is -0.420. The van der Waals surface area contributed by atoms with Crippen LogP contribution in [0.5, 0.6) is 0 Å². The number of phosphoric acid groups is 1. The molecule has 0 aliphatic heterocycles. The molecule has 164 valence electrons. The Morgan fingerprint density at radius 3 is 1.82 bits per heavy atom. The molecule has 1 aromatic carbocycles. The fourth-order valence-electron chi connectivity index (χ4n) is 3.45. The summed E-state index contributed by atoms with van der Waals surface area (Å²) in [5.74, 6) is 0. The van der Waals surface area contributed by atoms with Crippen LogP contribution >= 0.6 is 19.4 Å². The van der Waals surface area contributed by atoms with E-state index in [2.05, 4.69) is 32.9 Å². The van der Waals surface area contributed by atoms with Gasteiger partial charge in [0.1, 0.15) is 0 Å². The Morgan fingerprint density at radius 1 is 0.893 bits per heavy atom. The zero-order valence-corrected chi connectivity index (χ0v) is 19.4. The maximum atomic E-state index is 8.66. The van der Waals surface area contributed by atoms with Crippen LogP contribution in [0.15, 0.2) is 24.3 Å². The van der Waals surface area contributed by atoms with E-state index < -0.39 is 7.82 Å². The van der Waals surface area contributed by atoms with Crippen molar-refractivity contribution in [1.82, 2.24) is 0 Å². The van der Waals surface area contributed by atoms with Crippen molar-refractivity contribution in [2.24, 2.45) is 0 Å². The molecule has 5 nitrogen and oxygen atoms in total. The summed E-state index contributed by atoms with van der Waals surface area (Å²) in [6.45, 7) is 12.3. The first-order valence-corrected chi connectivity index (χ1v) is 12.4. The van der Waals surface area contributed by atoms with Gasteiger partial charge in [-0.15, -0.1) is 0 Å². The second-order valence-electron chi connectivity index (χ2n) is 7.39. The fourth-order valence-corrected chi connectivity index (χ4v) is 3.57. The molecule has 0 amide bonds. The van der Waals surface area contributed by atoms with Crippen LogP contribution in [0.4, 0.5) is 0 Å². The van der Waals surface area contributed by atoms with Crippen molar-refractivity contribution in [3.63, 3.8) is 0 Å². The van der Waals surface area contributed by atoms with Gasteiger partial charge in [0.05, 0.1) is 34.0 Å². The van der Waals surface area contributed by atoms with Crippen molar-refractivity contribution in [2.75, 3.05) is 26.2 Å². The molecule has 0 unspecified atom stereocenters. The molecule has 7 heteroatoms. The molecule has 0 fully saturated rings. The minimum Gasteiger partial charge on any atom is -0.790 e. The molecular formula is C21H38ClNO4P-. The monoisotopic (exact) mass is 434 g/mol. The average Bonchev–Trinajstić information content (AvgIpc) is 2.63. The van der Waals surface area contributed by atoms with E-state index in [0.717, 1.165) is 5.02 Å². The second kappa shape index (κ2) is 15.4. The van der Waals surface area contributed by atoms with Crippen molar-refractivity contribution in [2.45, 2.75) is 72.1 Å². The summed E-state index contributed by atoms with van der Waals surface area (Å²) >= 11 is 5.95. The fraction of sp³-hybridized carbons (Fsp3) is 0.714. The minimum atomic E-state index is -5.14. The van der Waals surface area contributed by atoms with E-state index >= 15 is 0 Å². The van der Waals surface area contributed by atoms with Crippen LogP contribution in [0.1, 0.15) is 71.3 Å². The summed E-state index contributed by atoms with van der Waals surface area (Å²) in [7, 11) is -5.14. The molecule has 0 aliphatic carbocycles. The van der Waals surface area contributed by atoms with Gasteiger partial charge in [-0.25, -0.2) is 0 Å². The summed E-state index contributed by atoms with van der Waals surface area (Å²) in [4.78, 5) is 24.3. The summed E-state index contributed by atoms with van der Waals surface area (Å²) in [5.41, 5.74) is 1.42. The van der Waals surface area contributed by atoms with Gasteiger partial charge in [0.25, 0.3) is 0 Å². The van der Waals surface area contributed by atoms with Crippen LogP contribution in [-0.4, -0.2) is 35.6 Å². The van der Waals surface area contributed by atoms with Crippen molar-refractivity contribution in [3.05, 3.63) is 34.9 Å². The van der Waals surface area contributed by atoms with Crippen LogP contribution in [0.25, 0.3) is 0 Å². The summed E-state index contributed by atoms with van der Waals surface area (Å²) in [6.07, 6.45) is 10.8. The molecule has 0 aliphatic rings. The zero-order valence-electron chi connectivity index (χ0n) is 17.7.